The third-order valence-electron chi connectivity index (χ3n) is 5.14. The highest BCUT2D eigenvalue weighted by Crippen LogP contribution is 2.26. The van der Waals surface area contributed by atoms with Gasteiger partial charge in [0.15, 0.2) is 5.96 Å². The molecule has 0 aromatic heterocycles. The lowest BCUT2D eigenvalue weighted by Crippen LogP contribution is -2.44. The molecule has 0 bridgehead atoms. The Kier molecular flexibility index (Phi) is 9.48. The first-order chi connectivity index (χ1) is 15.0. The molecule has 1 heterocycles. The molecular weight excluding hydrogens is 533 g/mol. The smallest absolute Gasteiger partial charge is 0.341 e. The van der Waals surface area contributed by atoms with Crippen molar-refractivity contribution in [2.24, 2.45) is 4.99 Å². The highest BCUT2D eigenvalue weighted by Gasteiger charge is 2.27. The summed E-state index contributed by atoms with van der Waals surface area (Å²) < 4.78 is 38.1. The normalized spacial score (nSPS) is 15.7. The average Bonchev–Trinajstić information content (AvgIpc) is 3.23. The molecule has 1 saturated heterocycles. The molecule has 2 aromatic rings. The number of guanidine groups is 1. The van der Waals surface area contributed by atoms with Gasteiger partial charge in [-0.15, -0.1) is 24.0 Å². The molecule has 1 fully saturated rings. The Balaban J connectivity index is 0.00000363. The van der Waals surface area contributed by atoms with E-state index in [1.807, 2.05) is 0 Å². The van der Waals surface area contributed by atoms with E-state index >= 15 is 0 Å². The zero-order valence-electron chi connectivity index (χ0n) is 18.2. The summed E-state index contributed by atoms with van der Waals surface area (Å²) >= 11 is 0. The molecule has 1 atom stereocenters. The van der Waals surface area contributed by atoms with Gasteiger partial charge < -0.3 is 25.0 Å². The molecule has 3 rings (SSSR count). The molecule has 10 heteroatoms. The number of hydrogen-bond acceptors (Lipinski definition) is 5. The lowest BCUT2D eigenvalue weighted by Gasteiger charge is -2.21. The zero-order chi connectivity index (χ0) is 22.4. The van der Waals surface area contributed by atoms with Crippen LogP contribution in [0.2, 0.25) is 0 Å². The van der Waals surface area contributed by atoms with Gasteiger partial charge in [-0.05, 0) is 36.2 Å². The van der Waals surface area contributed by atoms with Crippen molar-refractivity contribution in [3.8, 4) is 5.75 Å². The summed E-state index contributed by atoms with van der Waals surface area (Å²) in [5, 5.41) is 6.49. The van der Waals surface area contributed by atoms with Crippen LogP contribution in [0.4, 0.5) is 14.5 Å². The second kappa shape index (κ2) is 11.8. The molecule has 1 aliphatic heterocycles. The van der Waals surface area contributed by atoms with E-state index < -0.39 is 17.6 Å². The van der Waals surface area contributed by atoms with E-state index in [0.29, 0.717) is 36.9 Å². The van der Waals surface area contributed by atoms with Crippen molar-refractivity contribution >= 4 is 41.6 Å². The Morgan fingerprint density at radius 2 is 1.94 bits per heavy atom. The number of para-hydroxylation sites is 1. The van der Waals surface area contributed by atoms with Crippen LogP contribution in [0, 0.1) is 11.6 Å². The summed E-state index contributed by atoms with van der Waals surface area (Å²) in [5.74, 6) is -0.602. The van der Waals surface area contributed by atoms with E-state index in [2.05, 4.69) is 15.6 Å². The minimum absolute atomic E-state index is 0. The minimum atomic E-state index is -0.562. The summed E-state index contributed by atoms with van der Waals surface area (Å²) in [6, 6.07) is 9.08. The molecule has 0 saturated carbocycles. The zero-order valence-corrected chi connectivity index (χ0v) is 20.5. The molecule has 0 spiro atoms. The van der Waals surface area contributed by atoms with Crippen LogP contribution in [-0.4, -0.2) is 52.3 Å². The average molecular weight is 560 g/mol. The van der Waals surface area contributed by atoms with Crippen LogP contribution in [0.1, 0.15) is 22.3 Å². The molecular formula is C22H27F2IN4O3. The number of nitrogens with one attached hydrogen (secondary N) is 2. The molecule has 0 aliphatic carbocycles. The van der Waals surface area contributed by atoms with E-state index in [4.69, 9.17) is 9.47 Å². The molecule has 0 radical (unpaired) electrons. The first-order valence-electron chi connectivity index (χ1n) is 9.88. The van der Waals surface area contributed by atoms with Crippen molar-refractivity contribution in [2.45, 2.75) is 19.0 Å². The number of hydrogen-bond donors (Lipinski definition) is 2. The number of aliphatic imine (C=N–C) groups is 1. The number of carbonyl (C=O) groups excluding carboxylic acids is 1. The van der Waals surface area contributed by atoms with Crippen LogP contribution < -0.4 is 20.3 Å². The lowest BCUT2D eigenvalue weighted by molar-refractivity contribution is 0.0597. The summed E-state index contributed by atoms with van der Waals surface area (Å²) in [5.41, 5.74) is 1.24. The van der Waals surface area contributed by atoms with Gasteiger partial charge >= 0.3 is 5.97 Å². The number of esters is 1. The van der Waals surface area contributed by atoms with Gasteiger partial charge in [0, 0.05) is 32.7 Å². The van der Waals surface area contributed by atoms with Gasteiger partial charge in [0.2, 0.25) is 0 Å². The van der Waals surface area contributed by atoms with Gasteiger partial charge in [-0.2, -0.15) is 0 Å². The predicted molar refractivity (Wildman–Crippen MR) is 130 cm³/mol. The molecule has 2 N–H and O–H groups in total. The number of benzene rings is 2. The topological polar surface area (TPSA) is 75.2 Å². The van der Waals surface area contributed by atoms with E-state index in [0.717, 1.165) is 12.0 Å². The molecule has 32 heavy (non-hydrogen) atoms. The monoisotopic (exact) mass is 560 g/mol. The Bertz CT molecular complexity index is 954. The van der Waals surface area contributed by atoms with Gasteiger partial charge in [-0.1, -0.05) is 12.1 Å². The first kappa shape index (κ1) is 25.6. The van der Waals surface area contributed by atoms with Crippen LogP contribution in [-0.2, 0) is 11.3 Å². The number of nitrogens with zero attached hydrogens (tertiary/aromatic N) is 2. The minimum Gasteiger partial charge on any atom is -0.496 e. The highest BCUT2D eigenvalue weighted by molar-refractivity contribution is 14.0. The molecule has 1 unspecified atom stereocenters. The van der Waals surface area contributed by atoms with Gasteiger partial charge in [-0.3, -0.25) is 4.99 Å². The van der Waals surface area contributed by atoms with Crippen molar-refractivity contribution in [3.63, 3.8) is 0 Å². The first-order valence-corrected chi connectivity index (χ1v) is 9.88. The SMILES string of the molecule is CN=C(NCc1ccc(C(=O)OC)c(OC)c1)NC1CCN(c2c(F)cccc2F)C1.I. The Morgan fingerprint density at radius 1 is 1.22 bits per heavy atom. The van der Waals surface area contributed by atoms with Crippen LogP contribution in [0.5, 0.6) is 5.75 Å². The van der Waals surface area contributed by atoms with E-state index in [-0.39, 0.29) is 35.7 Å². The fraction of sp³-hybridized carbons (Fsp3) is 0.364. The summed E-state index contributed by atoms with van der Waals surface area (Å²) in [4.78, 5) is 17.7. The molecule has 1 aliphatic rings. The van der Waals surface area contributed by atoms with Gasteiger partial charge in [0.25, 0.3) is 0 Å². The summed E-state index contributed by atoms with van der Waals surface area (Å²) in [6.45, 7) is 1.44. The molecule has 174 valence electrons. The second-order valence-corrected chi connectivity index (χ2v) is 7.10. The lowest BCUT2D eigenvalue weighted by atomic mass is 10.1. The quantitative estimate of drug-likeness (QED) is 0.245. The second-order valence-electron chi connectivity index (χ2n) is 7.10. The molecule has 0 amide bonds. The maximum Gasteiger partial charge on any atom is 0.341 e. The molecule has 2 aromatic carbocycles. The third-order valence-corrected chi connectivity index (χ3v) is 5.14. The number of methoxy groups -OCH3 is 2. The van der Waals surface area contributed by atoms with Gasteiger partial charge in [0.1, 0.15) is 28.6 Å². The van der Waals surface area contributed by atoms with Crippen molar-refractivity contribution in [1.29, 1.82) is 0 Å². The number of rotatable bonds is 6. The number of anilines is 1. The number of ether oxygens (including phenoxy) is 2. The van der Waals surface area contributed by atoms with Gasteiger partial charge in [0.05, 0.1) is 14.2 Å². The predicted octanol–water partition coefficient (Wildman–Crippen LogP) is 3.32. The Morgan fingerprint density at radius 3 is 2.56 bits per heavy atom. The Hall–Kier alpha value is -2.63. The van der Waals surface area contributed by atoms with Crippen molar-refractivity contribution in [3.05, 3.63) is 59.2 Å². The fourth-order valence-corrected chi connectivity index (χ4v) is 3.57. The fourth-order valence-electron chi connectivity index (χ4n) is 3.57. The van der Waals surface area contributed by atoms with Crippen molar-refractivity contribution in [2.75, 3.05) is 39.3 Å². The van der Waals surface area contributed by atoms with E-state index in [1.165, 1.54) is 32.4 Å². The van der Waals surface area contributed by atoms with Crippen molar-refractivity contribution in [1.82, 2.24) is 10.6 Å². The third kappa shape index (κ3) is 5.99. The maximum absolute atomic E-state index is 14.1. The molecule has 7 nitrogen and oxygen atoms in total. The van der Waals surface area contributed by atoms with Crippen LogP contribution >= 0.6 is 24.0 Å². The summed E-state index contributed by atoms with van der Waals surface area (Å²) in [7, 11) is 4.46. The van der Waals surface area contributed by atoms with Crippen LogP contribution in [0.25, 0.3) is 0 Å². The largest absolute Gasteiger partial charge is 0.496 e. The van der Waals surface area contributed by atoms with Crippen LogP contribution in [0.15, 0.2) is 41.4 Å². The van der Waals surface area contributed by atoms with Crippen LogP contribution in [0.3, 0.4) is 0 Å². The maximum atomic E-state index is 14.1. The standard InChI is InChI=1S/C22H26F2N4O3.HI/c1-25-22(26-12-14-7-8-16(21(29)31-3)19(11-14)30-2)27-15-9-10-28(13-15)20-17(23)5-4-6-18(20)24;/h4-8,11,15H,9-10,12-13H2,1-3H3,(H2,25,26,27);1H. The van der Waals surface area contributed by atoms with Gasteiger partial charge in [-0.25, -0.2) is 13.6 Å². The number of halogens is 3. The Labute approximate surface area is 203 Å². The van der Waals surface area contributed by atoms with E-state index in [1.54, 1.807) is 30.1 Å². The summed E-state index contributed by atoms with van der Waals surface area (Å²) in [6.07, 6.45) is 0.718. The highest BCUT2D eigenvalue weighted by atomic mass is 127. The van der Waals surface area contributed by atoms with E-state index in [9.17, 15) is 13.6 Å². The van der Waals surface area contributed by atoms with Crippen molar-refractivity contribution < 1.29 is 23.0 Å². The number of carbonyl (C=O) groups is 1.